The first-order valence-electron chi connectivity index (χ1n) is 10.4. The predicted octanol–water partition coefficient (Wildman–Crippen LogP) is 4.77. The highest BCUT2D eigenvalue weighted by Crippen LogP contribution is 2.28. The third-order valence-electron chi connectivity index (χ3n) is 5.75. The van der Waals surface area contributed by atoms with Crippen LogP contribution in [0.3, 0.4) is 0 Å². The van der Waals surface area contributed by atoms with E-state index in [1.165, 1.54) is 29.0 Å². The van der Waals surface area contributed by atoms with Crippen molar-refractivity contribution in [2.75, 3.05) is 37.4 Å². The fourth-order valence-corrected chi connectivity index (χ4v) is 4.75. The van der Waals surface area contributed by atoms with Gasteiger partial charge in [0.15, 0.2) is 0 Å². The molecule has 1 aromatic heterocycles. The third kappa shape index (κ3) is 4.40. The maximum atomic E-state index is 12.7. The Morgan fingerprint density at radius 1 is 1.20 bits per heavy atom. The number of nitrogens with one attached hydrogen (secondary N) is 1. The first kappa shape index (κ1) is 20.6. The number of carbonyl (C=O) groups is 1. The number of aromatic nitrogens is 1. The van der Waals surface area contributed by atoms with Crippen LogP contribution in [0, 0.1) is 0 Å². The van der Waals surface area contributed by atoms with Crippen molar-refractivity contribution in [1.29, 1.82) is 0 Å². The van der Waals surface area contributed by atoms with Gasteiger partial charge in [-0.25, -0.2) is 4.98 Å². The van der Waals surface area contributed by atoms with Gasteiger partial charge in [0.25, 0.3) is 5.91 Å². The van der Waals surface area contributed by atoms with Crippen molar-refractivity contribution in [2.24, 2.45) is 0 Å². The summed E-state index contributed by atoms with van der Waals surface area (Å²) >= 11 is 1.51. The fourth-order valence-electron chi connectivity index (χ4n) is 3.89. The molecule has 1 aliphatic rings. The molecule has 3 aromatic rings. The molecule has 30 heavy (non-hydrogen) atoms. The summed E-state index contributed by atoms with van der Waals surface area (Å²) in [5.74, 6) is -0.173. The highest BCUT2D eigenvalue weighted by Gasteiger charge is 2.24. The second-order valence-corrected chi connectivity index (χ2v) is 8.76. The van der Waals surface area contributed by atoms with E-state index in [9.17, 15) is 4.79 Å². The van der Waals surface area contributed by atoms with E-state index in [4.69, 9.17) is 0 Å². The largest absolute Gasteiger partial charge is 0.370 e. The number of amides is 1. The predicted molar refractivity (Wildman–Crippen MR) is 126 cm³/mol. The molecule has 2 aromatic carbocycles. The first-order valence-corrected chi connectivity index (χ1v) is 11.3. The van der Waals surface area contributed by atoms with Crippen LogP contribution in [0.5, 0.6) is 0 Å². The van der Waals surface area contributed by atoms with Gasteiger partial charge in [0.2, 0.25) is 0 Å². The Morgan fingerprint density at radius 3 is 2.67 bits per heavy atom. The Labute approximate surface area is 182 Å². The number of anilines is 2. The van der Waals surface area contributed by atoms with Crippen molar-refractivity contribution >= 4 is 28.6 Å². The molecule has 156 valence electrons. The number of likely N-dealkylation sites (N-methyl/N-ethyl adjacent to an activating group) is 1. The van der Waals surface area contributed by atoms with Crippen molar-refractivity contribution in [3.63, 3.8) is 0 Å². The normalized spacial score (nSPS) is 16.3. The molecule has 0 aliphatic carbocycles. The highest BCUT2D eigenvalue weighted by atomic mass is 32.1. The van der Waals surface area contributed by atoms with Crippen molar-refractivity contribution in [3.8, 4) is 10.6 Å². The second kappa shape index (κ2) is 8.98. The van der Waals surface area contributed by atoms with Crippen molar-refractivity contribution < 1.29 is 4.79 Å². The van der Waals surface area contributed by atoms with Gasteiger partial charge in [-0.3, -0.25) is 4.79 Å². The van der Waals surface area contributed by atoms with Crippen LogP contribution in [0.1, 0.15) is 29.4 Å². The van der Waals surface area contributed by atoms with Gasteiger partial charge in [-0.2, -0.15) is 0 Å². The zero-order chi connectivity index (χ0) is 21.1. The number of benzene rings is 2. The van der Waals surface area contributed by atoms with Crippen LogP contribution in [0.2, 0.25) is 0 Å². The minimum Gasteiger partial charge on any atom is -0.370 e. The topological polar surface area (TPSA) is 48.5 Å². The van der Waals surface area contributed by atoms with Crippen molar-refractivity contribution in [3.05, 3.63) is 65.2 Å². The van der Waals surface area contributed by atoms with Gasteiger partial charge in [-0.15, -0.1) is 11.3 Å². The molecule has 1 N–H and O–H groups in total. The summed E-state index contributed by atoms with van der Waals surface area (Å²) < 4.78 is 0. The summed E-state index contributed by atoms with van der Waals surface area (Å²) in [6.45, 7) is 4.24. The Morgan fingerprint density at radius 2 is 1.97 bits per heavy atom. The minimum atomic E-state index is -0.173. The number of thiazole rings is 1. The highest BCUT2D eigenvalue weighted by molar-refractivity contribution is 7.13. The summed E-state index contributed by atoms with van der Waals surface area (Å²) in [6, 6.07) is 16.9. The van der Waals surface area contributed by atoms with Gasteiger partial charge in [0, 0.05) is 41.4 Å². The molecular weight excluding hydrogens is 392 g/mol. The smallest absolute Gasteiger partial charge is 0.275 e. The molecule has 2 heterocycles. The molecule has 6 heteroatoms. The molecule has 0 bridgehead atoms. The van der Waals surface area contributed by atoms with E-state index in [0.717, 1.165) is 35.8 Å². The molecule has 1 aliphatic heterocycles. The number of aryl methyl sites for hydroxylation is 1. The molecule has 0 saturated carbocycles. The summed E-state index contributed by atoms with van der Waals surface area (Å²) in [7, 11) is 4.27. The monoisotopic (exact) mass is 420 g/mol. The van der Waals surface area contributed by atoms with Crippen LogP contribution >= 0.6 is 11.3 Å². The minimum absolute atomic E-state index is 0.173. The standard InChI is InChI=1S/C24H28N4OS/c1-4-17-7-5-6-8-21(17)24-26-22(16-30-24)23(29)25-18-9-11-19(12-10-18)28-14-13-20(15-28)27(2)3/h5-12,16,20H,4,13-15H2,1-3H3,(H,25,29). The lowest BCUT2D eigenvalue weighted by Crippen LogP contribution is -2.31. The van der Waals surface area contributed by atoms with E-state index in [1.807, 2.05) is 29.6 Å². The molecule has 1 fully saturated rings. The maximum absolute atomic E-state index is 12.7. The van der Waals surface area contributed by atoms with Gasteiger partial charge in [0.1, 0.15) is 10.7 Å². The summed E-state index contributed by atoms with van der Waals surface area (Å²) in [5.41, 5.74) is 4.79. The van der Waals surface area contributed by atoms with Crippen LogP contribution < -0.4 is 10.2 Å². The van der Waals surface area contributed by atoms with E-state index < -0.39 is 0 Å². The Hall–Kier alpha value is -2.70. The number of hydrogen-bond acceptors (Lipinski definition) is 5. The average molecular weight is 421 g/mol. The van der Waals surface area contributed by atoms with Crippen LogP contribution in [0.4, 0.5) is 11.4 Å². The van der Waals surface area contributed by atoms with E-state index in [-0.39, 0.29) is 5.91 Å². The Balaban J connectivity index is 1.42. The molecule has 4 rings (SSSR count). The van der Waals surface area contributed by atoms with Gasteiger partial charge >= 0.3 is 0 Å². The lowest BCUT2D eigenvalue weighted by Gasteiger charge is -2.22. The van der Waals surface area contributed by atoms with Crippen LogP contribution in [0.25, 0.3) is 10.6 Å². The van der Waals surface area contributed by atoms with E-state index in [2.05, 4.69) is 65.4 Å². The quantitative estimate of drug-likeness (QED) is 0.624. The molecule has 1 amide bonds. The van der Waals surface area contributed by atoms with E-state index in [1.54, 1.807) is 0 Å². The molecule has 0 radical (unpaired) electrons. The molecule has 0 spiro atoms. The first-order chi connectivity index (χ1) is 14.5. The van der Waals surface area contributed by atoms with Gasteiger partial charge < -0.3 is 15.1 Å². The van der Waals surface area contributed by atoms with Crippen molar-refractivity contribution in [2.45, 2.75) is 25.8 Å². The van der Waals surface area contributed by atoms with Crippen LogP contribution in [0.15, 0.2) is 53.9 Å². The third-order valence-corrected chi connectivity index (χ3v) is 6.63. The molecule has 1 saturated heterocycles. The van der Waals surface area contributed by atoms with Gasteiger partial charge in [-0.05, 0) is 56.8 Å². The zero-order valence-electron chi connectivity index (χ0n) is 17.8. The number of nitrogens with zero attached hydrogens (tertiary/aromatic N) is 3. The molecule has 1 atom stereocenters. The second-order valence-electron chi connectivity index (χ2n) is 7.90. The van der Waals surface area contributed by atoms with E-state index in [0.29, 0.717) is 11.7 Å². The Kier molecular flexibility index (Phi) is 6.16. The number of carbonyl (C=O) groups excluding carboxylic acids is 1. The molecule has 1 unspecified atom stereocenters. The average Bonchev–Trinajstić information content (AvgIpc) is 3.44. The Bertz CT molecular complexity index is 1010. The number of hydrogen-bond donors (Lipinski definition) is 1. The van der Waals surface area contributed by atoms with Gasteiger partial charge in [-0.1, -0.05) is 31.2 Å². The molecule has 5 nitrogen and oxygen atoms in total. The maximum Gasteiger partial charge on any atom is 0.275 e. The number of rotatable bonds is 6. The van der Waals surface area contributed by atoms with Crippen LogP contribution in [-0.2, 0) is 6.42 Å². The fraction of sp³-hybridized carbons (Fsp3) is 0.333. The SMILES string of the molecule is CCc1ccccc1-c1nc(C(=O)Nc2ccc(N3CCC(N(C)C)C3)cc2)cs1. The van der Waals surface area contributed by atoms with Crippen molar-refractivity contribution in [1.82, 2.24) is 9.88 Å². The molecular formula is C24H28N4OS. The lowest BCUT2D eigenvalue weighted by atomic mass is 10.1. The summed E-state index contributed by atoms with van der Waals surface area (Å²) in [5, 5.41) is 5.69. The van der Waals surface area contributed by atoms with E-state index >= 15 is 0 Å². The van der Waals surface area contributed by atoms with Crippen LogP contribution in [-0.4, -0.2) is 49.0 Å². The van der Waals surface area contributed by atoms with Gasteiger partial charge in [0.05, 0.1) is 0 Å². The lowest BCUT2D eigenvalue weighted by molar-refractivity contribution is 0.102. The zero-order valence-corrected chi connectivity index (χ0v) is 18.6. The summed E-state index contributed by atoms with van der Waals surface area (Å²) in [4.78, 5) is 22.0. The summed E-state index contributed by atoms with van der Waals surface area (Å²) in [6.07, 6.45) is 2.12.